The van der Waals surface area contributed by atoms with Crippen molar-refractivity contribution >= 4 is 40.7 Å². The number of nitrogens with zero attached hydrogens (tertiary/aromatic N) is 1. The third-order valence-electron chi connectivity index (χ3n) is 4.30. The molecule has 1 N–H and O–H groups in total. The molecule has 0 radical (unpaired) electrons. The molecule has 2 aromatic carbocycles. The first-order chi connectivity index (χ1) is 12.5. The van der Waals surface area contributed by atoms with E-state index in [0.29, 0.717) is 28.8 Å². The molecule has 26 heavy (non-hydrogen) atoms. The van der Waals surface area contributed by atoms with Gasteiger partial charge in [-0.1, -0.05) is 35.3 Å². The number of benzene rings is 2. The Morgan fingerprint density at radius 1 is 1.19 bits per heavy atom. The van der Waals surface area contributed by atoms with Gasteiger partial charge in [0.25, 0.3) is 0 Å². The van der Waals surface area contributed by atoms with Crippen molar-refractivity contribution in [3.05, 3.63) is 58.1 Å². The van der Waals surface area contributed by atoms with Crippen LogP contribution in [0.1, 0.15) is 12.0 Å². The van der Waals surface area contributed by atoms with E-state index in [9.17, 15) is 9.59 Å². The number of halogens is 2. The van der Waals surface area contributed by atoms with Crippen LogP contribution in [0.3, 0.4) is 0 Å². The topological polar surface area (TPSA) is 58.6 Å². The highest BCUT2D eigenvalue weighted by atomic mass is 35.5. The number of nitrogens with one attached hydrogen (secondary N) is 1. The Bertz CT molecular complexity index is 824. The second kappa shape index (κ2) is 7.98. The monoisotopic (exact) mass is 392 g/mol. The number of likely N-dealkylation sites (tertiary alicyclic amines) is 1. The Kier molecular flexibility index (Phi) is 5.69. The molecule has 2 aromatic rings. The zero-order valence-corrected chi connectivity index (χ0v) is 15.7. The summed E-state index contributed by atoms with van der Waals surface area (Å²) in [6, 6.07) is 12.4. The highest BCUT2D eigenvalue weighted by molar-refractivity contribution is 6.42. The van der Waals surface area contributed by atoms with Crippen molar-refractivity contribution in [1.82, 2.24) is 4.90 Å². The van der Waals surface area contributed by atoms with Gasteiger partial charge in [-0.05, 0) is 35.9 Å². The molecular formula is C19H18Cl2N2O3. The fraction of sp³-hybridized carbons (Fsp3) is 0.263. The molecule has 5 nitrogen and oxygen atoms in total. The lowest BCUT2D eigenvalue weighted by Gasteiger charge is -2.17. The summed E-state index contributed by atoms with van der Waals surface area (Å²) in [5, 5.41) is 3.59. The average molecular weight is 393 g/mol. The number of hydrogen-bond donors (Lipinski definition) is 1. The maximum Gasteiger partial charge on any atom is 0.229 e. The molecule has 7 heteroatoms. The van der Waals surface area contributed by atoms with Gasteiger partial charge in [0, 0.05) is 25.2 Å². The first-order valence-corrected chi connectivity index (χ1v) is 8.88. The lowest BCUT2D eigenvalue weighted by Crippen LogP contribution is -2.28. The van der Waals surface area contributed by atoms with Crippen LogP contribution in [0.25, 0.3) is 0 Å². The standard InChI is InChI=1S/C19H18Cl2N2O3/c1-26-15-5-2-12(3-6-15)10-23-11-13(8-18(23)24)19(25)22-14-4-7-16(20)17(21)9-14/h2-7,9,13H,8,10-11H2,1H3,(H,22,25)/t13-/m0/s1. The quantitative estimate of drug-likeness (QED) is 0.836. The van der Waals surface area contributed by atoms with Crippen molar-refractivity contribution in [2.75, 3.05) is 19.0 Å². The van der Waals surface area contributed by atoms with E-state index >= 15 is 0 Å². The van der Waals surface area contributed by atoms with E-state index in [4.69, 9.17) is 27.9 Å². The molecule has 136 valence electrons. The van der Waals surface area contributed by atoms with Crippen molar-refractivity contribution in [3.63, 3.8) is 0 Å². The molecule has 0 bridgehead atoms. The Labute approximate surface area is 161 Å². The van der Waals surface area contributed by atoms with Gasteiger partial charge in [-0.15, -0.1) is 0 Å². The van der Waals surface area contributed by atoms with Gasteiger partial charge in [0.2, 0.25) is 11.8 Å². The Balaban J connectivity index is 1.60. The molecule has 0 unspecified atom stereocenters. The third-order valence-corrected chi connectivity index (χ3v) is 5.04. The molecule has 0 aliphatic carbocycles. The van der Waals surface area contributed by atoms with Gasteiger partial charge in [0.1, 0.15) is 5.75 Å². The zero-order chi connectivity index (χ0) is 18.7. The smallest absolute Gasteiger partial charge is 0.229 e. The first-order valence-electron chi connectivity index (χ1n) is 8.13. The minimum absolute atomic E-state index is 0.0323. The predicted octanol–water partition coefficient (Wildman–Crippen LogP) is 3.99. The molecule has 1 heterocycles. The number of carbonyl (C=O) groups excluding carboxylic acids is 2. The highest BCUT2D eigenvalue weighted by Gasteiger charge is 2.34. The van der Waals surface area contributed by atoms with E-state index in [2.05, 4.69) is 5.32 Å². The molecule has 0 aromatic heterocycles. The van der Waals surface area contributed by atoms with Crippen molar-refractivity contribution in [2.45, 2.75) is 13.0 Å². The van der Waals surface area contributed by atoms with Gasteiger partial charge >= 0.3 is 0 Å². The SMILES string of the molecule is COc1ccc(CN2C[C@@H](C(=O)Nc3ccc(Cl)c(Cl)c3)CC2=O)cc1. The number of rotatable bonds is 5. The maximum absolute atomic E-state index is 12.5. The van der Waals surface area contributed by atoms with E-state index in [-0.39, 0.29) is 18.2 Å². The first kappa shape index (κ1) is 18.5. The molecule has 1 aliphatic heterocycles. The predicted molar refractivity (Wildman–Crippen MR) is 102 cm³/mol. The summed E-state index contributed by atoms with van der Waals surface area (Å²) < 4.78 is 5.13. The maximum atomic E-state index is 12.5. The van der Waals surface area contributed by atoms with Gasteiger partial charge in [0.15, 0.2) is 0 Å². The average Bonchev–Trinajstić information content (AvgIpc) is 3.00. The van der Waals surface area contributed by atoms with E-state index < -0.39 is 5.92 Å². The summed E-state index contributed by atoms with van der Waals surface area (Å²) in [5.41, 5.74) is 1.55. The van der Waals surface area contributed by atoms with E-state index in [0.717, 1.165) is 11.3 Å². The Morgan fingerprint density at radius 3 is 2.58 bits per heavy atom. The molecule has 1 saturated heterocycles. The molecule has 0 spiro atoms. The number of ether oxygens (including phenoxy) is 1. The minimum Gasteiger partial charge on any atom is -0.497 e. The van der Waals surface area contributed by atoms with Crippen LogP contribution in [0.4, 0.5) is 5.69 Å². The van der Waals surface area contributed by atoms with Crippen LogP contribution >= 0.6 is 23.2 Å². The van der Waals surface area contributed by atoms with Crippen LogP contribution in [0.2, 0.25) is 10.0 Å². The van der Waals surface area contributed by atoms with Crippen molar-refractivity contribution in [1.29, 1.82) is 0 Å². The van der Waals surface area contributed by atoms with Gasteiger partial charge in [-0.3, -0.25) is 9.59 Å². The number of amides is 2. The number of methoxy groups -OCH3 is 1. The lowest BCUT2D eigenvalue weighted by atomic mass is 10.1. The highest BCUT2D eigenvalue weighted by Crippen LogP contribution is 2.27. The van der Waals surface area contributed by atoms with Crippen LogP contribution in [0.5, 0.6) is 5.75 Å². The fourth-order valence-corrected chi connectivity index (χ4v) is 3.17. The molecule has 1 atom stereocenters. The lowest BCUT2D eigenvalue weighted by molar-refractivity contribution is -0.128. The van der Waals surface area contributed by atoms with Gasteiger partial charge in [-0.25, -0.2) is 0 Å². The van der Waals surface area contributed by atoms with Crippen LogP contribution in [0, 0.1) is 5.92 Å². The van der Waals surface area contributed by atoms with Crippen LogP contribution < -0.4 is 10.1 Å². The summed E-state index contributed by atoms with van der Waals surface area (Å²) in [4.78, 5) is 26.4. The van der Waals surface area contributed by atoms with Crippen LogP contribution in [-0.4, -0.2) is 30.4 Å². The minimum atomic E-state index is -0.393. The van der Waals surface area contributed by atoms with Crippen molar-refractivity contribution in [3.8, 4) is 5.75 Å². The molecule has 2 amide bonds. The molecule has 0 saturated carbocycles. The number of anilines is 1. The summed E-state index contributed by atoms with van der Waals surface area (Å²) in [7, 11) is 1.61. The fourth-order valence-electron chi connectivity index (χ4n) is 2.87. The number of carbonyl (C=O) groups is 2. The van der Waals surface area contributed by atoms with Gasteiger partial charge in [0.05, 0.1) is 23.1 Å². The second-order valence-corrected chi connectivity index (χ2v) is 6.96. The second-order valence-electron chi connectivity index (χ2n) is 6.14. The van der Waals surface area contributed by atoms with Gasteiger partial charge < -0.3 is 15.0 Å². The molecule has 1 fully saturated rings. The molecular weight excluding hydrogens is 375 g/mol. The zero-order valence-electron chi connectivity index (χ0n) is 14.2. The third kappa shape index (κ3) is 4.29. The van der Waals surface area contributed by atoms with E-state index in [1.54, 1.807) is 30.2 Å². The number of hydrogen-bond acceptors (Lipinski definition) is 3. The van der Waals surface area contributed by atoms with Crippen LogP contribution in [-0.2, 0) is 16.1 Å². The van der Waals surface area contributed by atoms with E-state index in [1.165, 1.54) is 0 Å². The summed E-state index contributed by atoms with van der Waals surface area (Å²) in [6.45, 7) is 0.859. The van der Waals surface area contributed by atoms with Crippen LogP contribution in [0.15, 0.2) is 42.5 Å². The summed E-state index contributed by atoms with van der Waals surface area (Å²) in [5.74, 6) is 0.139. The summed E-state index contributed by atoms with van der Waals surface area (Å²) >= 11 is 11.8. The van der Waals surface area contributed by atoms with Crippen molar-refractivity contribution < 1.29 is 14.3 Å². The Hall–Kier alpha value is -2.24. The van der Waals surface area contributed by atoms with Crippen molar-refractivity contribution in [2.24, 2.45) is 5.92 Å². The largest absolute Gasteiger partial charge is 0.497 e. The molecule has 3 rings (SSSR count). The Morgan fingerprint density at radius 2 is 1.92 bits per heavy atom. The normalized spacial score (nSPS) is 16.7. The summed E-state index contributed by atoms with van der Waals surface area (Å²) in [6.07, 6.45) is 0.198. The van der Waals surface area contributed by atoms with E-state index in [1.807, 2.05) is 24.3 Å². The molecule has 1 aliphatic rings. The van der Waals surface area contributed by atoms with Gasteiger partial charge in [-0.2, -0.15) is 0 Å².